The van der Waals surface area contributed by atoms with Gasteiger partial charge in [-0.2, -0.15) is 5.26 Å². The van der Waals surface area contributed by atoms with Gasteiger partial charge in [0.25, 0.3) is 0 Å². The number of nitriles is 1. The van der Waals surface area contributed by atoms with Gasteiger partial charge < -0.3 is 0 Å². The fourth-order valence-corrected chi connectivity index (χ4v) is 1.43. The highest BCUT2D eigenvalue weighted by Gasteiger charge is 2.34. The van der Waals surface area contributed by atoms with Crippen LogP contribution in [0.1, 0.15) is 26.3 Å². The minimum Gasteiger partial charge on any atom is -0.204 e. The van der Waals surface area contributed by atoms with Crippen molar-refractivity contribution in [3.8, 4) is 6.07 Å². The van der Waals surface area contributed by atoms with Crippen molar-refractivity contribution in [1.29, 1.82) is 5.26 Å². The van der Waals surface area contributed by atoms with Crippen LogP contribution in [-0.2, 0) is 5.41 Å². The van der Waals surface area contributed by atoms with E-state index in [9.17, 15) is 13.2 Å². The summed E-state index contributed by atoms with van der Waals surface area (Å²) in [7, 11) is 0. The first kappa shape index (κ1) is 12.6. The molecule has 0 aliphatic carbocycles. The molecule has 0 spiro atoms. The Labute approximate surface area is 92.5 Å². The molecule has 16 heavy (non-hydrogen) atoms. The molecule has 0 radical (unpaired) electrons. The van der Waals surface area contributed by atoms with Gasteiger partial charge in [-0.1, -0.05) is 19.9 Å². The summed E-state index contributed by atoms with van der Waals surface area (Å²) in [4.78, 5) is 0. The minimum absolute atomic E-state index is 0.107. The van der Waals surface area contributed by atoms with Crippen LogP contribution in [0.5, 0.6) is 0 Å². The minimum atomic E-state index is -1.53. The Morgan fingerprint density at radius 2 is 1.75 bits per heavy atom. The van der Waals surface area contributed by atoms with Gasteiger partial charge in [-0.05, 0) is 18.9 Å². The zero-order chi connectivity index (χ0) is 12.5. The number of halogens is 3. The normalized spacial score (nSPS) is 14.6. The van der Waals surface area contributed by atoms with Gasteiger partial charge in [0.15, 0.2) is 17.5 Å². The van der Waals surface area contributed by atoms with Crippen molar-refractivity contribution in [1.82, 2.24) is 0 Å². The monoisotopic (exact) mass is 227 g/mol. The molecule has 1 atom stereocenters. The Morgan fingerprint density at radius 3 is 2.19 bits per heavy atom. The van der Waals surface area contributed by atoms with Gasteiger partial charge in [0.1, 0.15) is 0 Å². The lowest BCUT2D eigenvalue weighted by Crippen LogP contribution is -2.28. The maximum absolute atomic E-state index is 13.5. The highest BCUT2D eigenvalue weighted by molar-refractivity contribution is 5.34. The van der Waals surface area contributed by atoms with Crippen LogP contribution in [0.25, 0.3) is 0 Å². The molecule has 86 valence electrons. The topological polar surface area (TPSA) is 23.8 Å². The first-order chi connectivity index (χ1) is 7.34. The van der Waals surface area contributed by atoms with E-state index in [0.717, 1.165) is 12.1 Å². The van der Waals surface area contributed by atoms with Crippen molar-refractivity contribution in [2.75, 3.05) is 0 Å². The second-order valence-corrected chi connectivity index (χ2v) is 4.19. The van der Waals surface area contributed by atoms with E-state index in [4.69, 9.17) is 5.26 Å². The molecule has 0 saturated heterocycles. The van der Waals surface area contributed by atoms with Crippen molar-refractivity contribution in [2.45, 2.75) is 26.2 Å². The second-order valence-electron chi connectivity index (χ2n) is 4.19. The molecular weight excluding hydrogens is 215 g/mol. The SMILES string of the molecule is CC(C)C(C)(C#N)c1ccc(F)c(F)c1F. The van der Waals surface area contributed by atoms with Crippen molar-refractivity contribution >= 4 is 0 Å². The van der Waals surface area contributed by atoms with Crippen molar-refractivity contribution in [3.63, 3.8) is 0 Å². The average molecular weight is 227 g/mol. The molecule has 0 heterocycles. The van der Waals surface area contributed by atoms with E-state index >= 15 is 0 Å². The van der Waals surface area contributed by atoms with Gasteiger partial charge in [0.05, 0.1) is 11.5 Å². The number of hydrogen-bond donors (Lipinski definition) is 0. The molecular formula is C12H12F3N. The summed E-state index contributed by atoms with van der Waals surface area (Å²) in [5, 5.41) is 9.06. The maximum atomic E-state index is 13.5. The number of benzene rings is 1. The molecule has 0 amide bonds. The van der Waals surface area contributed by atoms with E-state index in [1.54, 1.807) is 13.8 Å². The molecule has 0 bridgehead atoms. The molecule has 0 N–H and O–H groups in total. The first-order valence-corrected chi connectivity index (χ1v) is 4.89. The summed E-state index contributed by atoms with van der Waals surface area (Å²) in [5.41, 5.74) is -1.28. The largest absolute Gasteiger partial charge is 0.204 e. The Kier molecular flexibility index (Phi) is 3.27. The van der Waals surface area contributed by atoms with Gasteiger partial charge in [-0.15, -0.1) is 0 Å². The van der Waals surface area contributed by atoms with E-state index in [1.807, 2.05) is 6.07 Å². The molecule has 0 aromatic heterocycles. The smallest absolute Gasteiger partial charge is 0.194 e. The summed E-state index contributed by atoms with van der Waals surface area (Å²) >= 11 is 0. The molecule has 0 fully saturated rings. The van der Waals surface area contributed by atoms with Gasteiger partial charge in [-0.25, -0.2) is 13.2 Å². The summed E-state index contributed by atoms with van der Waals surface area (Å²) in [5.74, 6) is -4.26. The van der Waals surface area contributed by atoms with Crippen LogP contribution in [0.2, 0.25) is 0 Å². The lowest BCUT2D eigenvalue weighted by Gasteiger charge is -2.26. The van der Waals surface area contributed by atoms with Crippen molar-refractivity contribution in [2.24, 2.45) is 5.92 Å². The van der Waals surface area contributed by atoms with Crippen LogP contribution in [0.3, 0.4) is 0 Å². The highest BCUT2D eigenvalue weighted by Crippen LogP contribution is 2.34. The molecule has 1 aromatic rings. The standard InChI is InChI=1S/C12H12F3N/c1-7(2)12(3,6-16)8-4-5-9(13)11(15)10(8)14/h4-5,7H,1-3H3. The van der Waals surface area contributed by atoms with Gasteiger partial charge in [0.2, 0.25) is 0 Å². The lowest BCUT2D eigenvalue weighted by molar-refractivity contribution is 0.385. The zero-order valence-corrected chi connectivity index (χ0v) is 9.31. The third-order valence-corrected chi connectivity index (χ3v) is 2.98. The summed E-state index contributed by atoms with van der Waals surface area (Å²) < 4.78 is 39.4. The van der Waals surface area contributed by atoms with Crippen LogP contribution in [0.4, 0.5) is 13.2 Å². The van der Waals surface area contributed by atoms with Crippen molar-refractivity contribution < 1.29 is 13.2 Å². The Morgan fingerprint density at radius 1 is 1.19 bits per heavy atom. The number of hydrogen-bond acceptors (Lipinski definition) is 1. The summed E-state index contributed by atoms with van der Waals surface area (Å²) in [6, 6.07) is 3.91. The average Bonchev–Trinajstić information content (AvgIpc) is 2.25. The van der Waals surface area contributed by atoms with Crippen LogP contribution >= 0.6 is 0 Å². The van der Waals surface area contributed by atoms with Crippen LogP contribution < -0.4 is 0 Å². The van der Waals surface area contributed by atoms with Crippen LogP contribution in [0.15, 0.2) is 12.1 Å². The van der Waals surface area contributed by atoms with E-state index in [1.165, 1.54) is 6.92 Å². The van der Waals surface area contributed by atoms with Crippen LogP contribution in [-0.4, -0.2) is 0 Å². The third kappa shape index (κ3) is 1.78. The predicted octanol–water partition coefficient (Wildman–Crippen LogP) is 3.54. The van der Waals surface area contributed by atoms with E-state index in [-0.39, 0.29) is 11.5 Å². The molecule has 1 nitrogen and oxygen atoms in total. The number of rotatable bonds is 2. The third-order valence-electron chi connectivity index (χ3n) is 2.98. The summed E-state index contributed by atoms with van der Waals surface area (Å²) in [6.07, 6.45) is 0. The maximum Gasteiger partial charge on any atom is 0.194 e. The second kappa shape index (κ2) is 4.17. The Bertz CT molecular complexity index is 448. The molecule has 0 aliphatic rings. The Hall–Kier alpha value is -1.50. The van der Waals surface area contributed by atoms with E-state index in [2.05, 4.69) is 0 Å². The fraction of sp³-hybridized carbons (Fsp3) is 0.417. The molecule has 4 heteroatoms. The predicted molar refractivity (Wildman–Crippen MR) is 54.1 cm³/mol. The fourth-order valence-electron chi connectivity index (χ4n) is 1.43. The first-order valence-electron chi connectivity index (χ1n) is 4.89. The van der Waals surface area contributed by atoms with E-state index in [0.29, 0.717) is 0 Å². The highest BCUT2D eigenvalue weighted by atomic mass is 19.2. The molecule has 1 unspecified atom stereocenters. The molecule has 0 saturated carbocycles. The molecule has 1 aromatic carbocycles. The molecule has 1 rings (SSSR count). The van der Waals surface area contributed by atoms with Gasteiger partial charge in [0, 0.05) is 5.56 Å². The number of nitrogens with zero attached hydrogens (tertiary/aromatic N) is 1. The van der Waals surface area contributed by atoms with Crippen LogP contribution in [0, 0.1) is 34.7 Å². The van der Waals surface area contributed by atoms with Crippen molar-refractivity contribution in [3.05, 3.63) is 35.1 Å². The summed E-state index contributed by atoms with van der Waals surface area (Å²) in [6.45, 7) is 4.96. The lowest BCUT2D eigenvalue weighted by atomic mass is 9.74. The quantitative estimate of drug-likeness (QED) is 0.709. The van der Waals surface area contributed by atoms with E-state index < -0.39 is 22.9 Å². The Balaban J connectivity index is 3.46. The van der Waals surface area contributed by atoms with Gasteiger partial charge in [-0.3, -0.25) is 0 Å². The van der Waals surface area contributed by atoms with Gasteiger partial charge >= 0.3 is 0 Å². The zero-order valence-electron chi connectivity index (χ0n) is 9.31. The molecule has 0 aliphatic heterocycles.